The van der Waals surface area contributed by atoms with E-state index in [1.165, 1.54) is 10.4 Å². The van der Waals surface area contributed by atoms with Crippen molar-refractivity contribution in [3.63, 3.8) is 0 Å². The summed E-state index contributed by atoms with van der Waals surface area (Å²) in [5.74, 6) is 1.10. The third kappa shape index (κ3) is 4.14. The first-order valence-corrected chi connectivity index (χ1v) is 10.4. The number of hydrogen-bond donors (Lipinski definition) is 0. The molecule has 140 valence electrons. The zero-order valence-electron chi connectivity index (χ0n) is 15.6. The third-order valence-electron chi connectivity index (χ3n) is 5.22. The second-order valence-electron chi connectivity index (χ2n) is 7.06. The van der Waals surface area contributed by atoms with Crippen molar-refractivity contribution >= 4 is 28.1 Å². The van der Waals surface area contributed by atoms with Crippen LogP contribution in [0, 0.1) is 6.92 Å². The number of rotatable bonds is 5. The molecule has 0 aliphatic carbocycles. The minimum Gasteiger partial charge on any atom is -0.488 e. The van der Waals surface area contributed by atoms with Crippen LogP contribution in [0.5, 0.6) is 5.75 Å². The van der Waals surface area contributed by atoms with Gasteiger partial charge in [-0.15, -0.1) is 11.3 Å². The van der Waals surface area contributed by atoms with E-state index < -0.39 is 0 Å². The Morgan fingerprint density at radius 1 is 1.22 bits per heavy atom. The van der Waals surface area contributed by atoms with Crippen molar-refractivity contribution in [1.29, 1.82) is 0 Å². The monoisotopic (exact) mass is 380 g/mol. The Bertz CT molecular complexity index is 923. The molecular weight excluding hydrogens is 356 g/mol. The fourth-order valence-electron chi connectivity index (χ4n) is 3.61. The Morgan fingerprint density at radius 3 is 2.81 bits per heavy atom. The number of carbonyl (C=O) groups is 1. The van der Waals surface area contributed by atoms with E-state index in [2.05, 4.69) is 23.4 Å². The van der Waals surface area contributed by atoms with Gasteiger partial charge in [-0.25, -0.2) is 0 Å². The van der Waals surface area contributed by atoms with Crippen molar-refractivity contribution in [3.8, 4) is 5.75 Å². The minimum atomic E-state index is 0.140. The Morgan fingerprint density at radius 2 is 2.04 bits per heavy atom. The summed E-state index contributed by atoms with van der Waals surface area (Å²) in [6, 6.07) is 12.1. The van der Waals surface area contributed by atoms with Crippen molar-refractivity contribution < 1.29 is 9.53 Å². The maximum atomic E-state index is 12.5. The molecule has 0 spiro atoms. The minimum absolute atomic E-state index is 0.140. The predicted octanol–water partition coefficient (Wildman–Crippen LogP) is 4.61. The maximum absolute atomic E-state index is 12.5. The van der Waals surface area contributed by atoms with Crippen molar-refractivity contribution in [1.82, 2.24) is 9.88 Å². The van der Waals surface area contributed by atoms with E-state index in [4.69, 9.17) is 4.74 Å². The average Bonchev–Trinajstić information content (AvgIpc) is 3.12. The first kappa shape index (κ1) is 18.0. The van der Waals surface area contributed by atoms with Crippen molar-refractivity contribution in [2.75, 3.05) is 13.1 Å². The molecule has 0 radical (unpaired) electrons. The highest BCUT2D eigenvalue weighted by molar-refractivity contribution is 7.10. The van der Waals surface area contributed by atoms with Gasteiger partial charge in [0.2, 0.25) is 5.91 Å². The topological polar surface area (TPSA) is 42.4 Å². The van der Waals surface area contributed by atoms with Crippen LogP contribution in [-0.2, 0) is 11.2 Å². The summed E-state index contributed by atoms with van der Waals surface area (Å²) >= 11 is 1.74. The van der Waals surface area contributed by atoms with Crippen molar-refractivity contribution in [2.45, 2.75) is 38.7 Å². The molecule has 3 heterocycles. The Labute approximate surface area is 163 Å². The summed E-state index contributed by atoms with van der Waals surface area (Å²) in [6.45, 7) is 3.65. The Kier molecular flexibility index (Phi) is 5.39. The molecule has 0 atom stereocenters. The SMILES string of the molecule is Cc1ccsc1CCC(=O)N1CCC(Oc2cccc3cccnc23)CC1. The van der Waals surface area contributed by atoms with Crippen LogP contribution in [0.3, 0.4) is 0 Å². The van der Waals surface area contributed by atoms with Gasteiger partial charge in [-0.3, -0.25) is 9.78 Å². The average molecular weight is 381 g/mol. The number of fused-ring (bicyclic) bond motifs is 1. The van der Waals surface area contributed by atoms with E-state index in [1.807, 2.05) is 35.2 Å². The van der Waals surface area contributed by atoms with E-state index in [1.54, 1.807) is 17.5 Å². The molecule has 1 aromatic carbocycles. The number of piperidine rings is 1. The van der Waals surface area contributed by atoms with Gasteiger partial charge in [0.1, 0.15) is 17.4 Å². The second kappa shape index (κ2) is 8.09. The molecule has 27 heavy (non-hydrogen) atoms. The normalized spacial score (nSPS) is 15.2. The molecular formula is C22H24N2O2S. The summed E-state index contributed by atoms with van der Waals surface area (Å²) in [5, 5.41) is 3.19. The number of benzene rings is 1. The van der Waals surface area contributed by atoms with Crippen LogP contribution in [0.4, 0.5) is 0 Å². The highest BCUT2D eigenvalue weighted by atomic mass is 32.1. The van der Waals surface area contributed by atoms with Crippen molar-refractivity contribution in [2.24, 2.45) is 0 Å². The van der Waals surface area contributed by atoms with Gasteiger partial charge in [-0.1, -0.05) is 18.2 Å². The number of amides is 1. The lowest BCUT2D eigenvalue weighted by molar-refractivity contribution is -0.132. The van der Waals surface area contributed by atoms with Crippen LogP contribution < -0.4 is 4.74 Å². The van der Waals surface area contributed by atoms with Gasteiger partial charge in [0.15, 0.2) is 0 Å². The standard InChI is InChI=1S/C22H24N2O2S/c1-16-11-15-27-20(16)7-8-21(25)24-13-9-18(10-14-24)26-19-6-2-4-17-5-3-12-23-22(17)19/h2-6,11-12,15,18H,7-10,13-14H2,1H3. The Balaban J connectivity index is 1.31. The largest absolute Gasteiger partial charge is 0.488 e. The number of likely N-dealkylation sites (tertiary alicyclic amines) is 1. The number of ether oxygens (including phenoxy) is 1. The van der Waals surface area contributed by atoms with Gasteiger partial charge in [0.25, 0.3) is 0 Å². The number of nitrogens with zero attached hydrogens (tertiary/aromatic N) is 2. The molecule has 1 fully saturated rings. The number of pyridine rings is 1. The van der Waals surface area contributed by atoms with E-state index in [9.17, 15) is 4.79 Å². The summed E-state index contributed by atoms with van der Waals surface area (Å²) in [7, 11) is 0. The molecule has 3 aromatic rings. The fourth-order valence-corrected chi connectivity index (χ4v) is 4.52. The van der Waals surface area contributed by atoms with Crippen LogP contribution in [-0.4, -0.2) is 35.0 Å². The molecule has 2 aromatic heterocycles. The Hall–Kier alpha value is -2.40. The van der Waals surface area contributed by atoms with Crippen LogP contribution in [0.2, 0.25) is 0 Å². The lowest BCUT2D eigenvalue weighted by Crippen LogP contribution is -2.41. The first-order chi connectivity index (χ1) is 13.2. The fraction of sp³-hybridized carbons (Fsp3) is 0.364. The number of hydrogen-bond acceptors (Lipinski definition) is 4. The molecule has 1 aliphatic heterocycles. The molecule has 0 N–H and O–H groups in total. The van der Waals surface area contributed by atoms with Crippen LogP contribution in [0.1, 0.15) is 29.7 Å². The summed E-state index contributed by atoms with van der Waals surface area (Å²) < 4.78 is 6.23. The number of aryl methyl sites for hydroxylation is 2. The molecule has 4 nitrogen and oxygen atoms in total. The lowest BCUT2D eigenvalue weighted by Gasteiger charge is -2.32. The van der Waals surface area contributed by atoms with Crippen LogP contribution in [0.15, 0.2) is 48.0 Å². The van der Waals surface area contributed by atoms with E-state index in [-0.39, 0.29) is 12.0 Å². The predicted molar refractivity (Wildman–Crippen MR) is 109 cm³/mol. The highest BCUT2D eigenvalue weighted by Gasteiger charge is 2.24. The molecule has 1 saturated heterocycles. The third-order valence-corrected chi connectivity index (χ3v) is 6.30. The van der Waals surface area contributed by atoms with E-state index in [0.717, 1.165) is 49.0 Å². The maximum Gasteiger partial charge on any atom is 0.222 e. The van der Waals surface area contributed by atoms with Crippen LogP contribution in [0.25, 0.3) is 10.9 Å². The highest BCUT2D eigenvalue weighted by Crippen LogP contribution is 2.26. The lowest BCUT2D eigenvalue weighted by atomic mass is 10.1. The zero-order valence-corrected chi connectivity index (χ0v) is 16.4. The molecule has 0 bridgehead atoms. The second-order valence-corrected chi connectivity index (χ2v) is 8.06. The van der Waals surface area contributed by atoms with Gasteiger partial charge >= 0.3 is 0 Å². The summed E-state index contributed by atoms with van der Waals surface area (Å²) in [4.78, 5) is 20.3. The summed E-state index contributed by atoms with van der Waals surface area (Å²) in [6.07, 6.45) is 5.12. The van der Waals surface area contributed by atoms with Gasteiger partial charge in [-0.05, 0) is 42.5 Å². The van der Waals surface area contributed by atoms with Gasteiger partial charge in [-0.2, -0.15) is 0 Å². The van der Waals surface area contributed by atoms with E-state index >= 15 is 0 Å². The molecule has 5 heteroatoms. The number of para-hydroxylation sites is 1. The van der Waals surface area contributed by atoms with Gasteiger partial charge in [0.05, 0.1) is 0 Å². The summed E-state index contributed by atoms with van der Waals surface area (Å²) in [5.41, 5.74) is 2.20. The zero-order chi connectivity index (χ0) is 18.6. The van der Waals surface area contributed by atoms with Crippen molar-refractivity contribution in [3.05, 3.63) is 58.4 Å². The van der Waals surface area contributed by atoms with Gasteiger partial charge in [0, 0.05) is 48.8 Å². The first-order valence-electron chi connectivity index (χ1n) is 9.52. The number of aromatic nitrogens is 1. The van der Waals surface area contributed by atoms with E-state index in [0.29, 0.717) is 6.42 Å². The van der Waals surface area contributed by atoms with Gasteiger partial charge < -0.3 is 9.64 Å². The number of carbonyl (C=O) groups excluding carboxylic acids is 1. The molecule has 0 unspecified atom stereocenters. The van der Waals surface area contributed by atoms with Crippen LogP contribution >= 0.6 is 11.3 Å². The molecule has 1 amide bonds. The molecule has 4 rings (SSSR count). The number of thiophene rings is 1. The quantitative estimate of drug-likeness (QED) is 0.649. The molecule has 1 aliphatic rings. The smallest absolute Gasteiger partial charge is 0.222 e. The molecule has 0 saturated carbocycles.